The van der Waals surface area contributed by atoms with Crippen LogP contribution in [0.15, 0.2) is 52.5 Å². The predicted octanol–water partition coefficient (Wildman–Crippen LogP) is 3.59. The molecule has 0 atom stereocenters. The van der Waals surface area contributed by atoms with Crippen LogP contribution in [0.2, 0.25) is 0 Å². The van der Waals surface area contributed by atoms with Gasteiger partial charge in [-0.3, -0.25) is 4.79 Å². The molecule has 1 saturated heterocycles. The summed E-state index contributed by atoms with van der Waals surface area (Å²) in [7, 11) is -3.54. The number of thioether (sulfide) groups is 1. The zero-order chi connectivity index (χ0) is 21.6. The lowest BCUT2D eigenvalue weighted by Gasteiger charge is -2.25. The third kappa shape index (κ3) is 6.13. The van der Waals surface area contributed by atoms with Crippen molar-refractivity contribution < 1.29 is 26.7 Å². The number of carbonyl (C=O) groups excluding carboxylic acids is 1. The number of aromatic nitrogens is 1. The number of piperidine rings is 1. The minimum absolute atomic E-state index is 0.00108. The van der Waals surface area contributed by atoms with Gasteiger partial charge >= 0.3 is 6.61 Å². The Morgan fingerprint density at radius 3 is 2.43 bits per heavy atom. The van der Waals surface area contributed by atoms with Gasteiger partial charge in [0.05, 0.1) is 10.8 Å². The lowest BCUT2D eigenvalue weighted by atomic mass is 10.2. The zero-order valence-corrected chi connectivity index (χ0v) is 17.6. The standard InChI is InChI=1S/C19H21F2N3O4S2/c20-19(21)28-15-6-4-14(5-7-15)23-17(25)13-29-18-9-8-16(12-22-18)30(26,27)24-10-2-1-3-11-24/h4-9,12,19H,1-3,10-11,13H2,(H,23,25). The molecule has 2 aromatic rings. The van der Waals surface area contributed by atoms with E-state index in [1.807, 2.05) is 0 Å². The first-order valence-corrected chi connectivity index (χ1v) is 11.7. The molecule has 1 amide bonds. The van der Waals surface area contributed by atoms with Crippen LogP contribution in [0.1, 0.15) is 19.3 Å². The Hall–Kier alpha value is -2.24. The number of amides is 1. The molecule has 1 aliphatic heterocycles. The Balaban J connectivity index is 1.51. The smallest absolute Gasteiger partial charge is 0.387 e. The van der Waals surface area contributed by atoms with Crippen LogP contribution in [0.3, 0.4) is 0 Å². The Labute approximate surface area is 177 Å². The van der Waals surface area contributed by atoms with Crippen molar-refractivity contribution in [3.63, 3.8) is 0 Å². The van der Waals surface area contributed by atoms with E-state index in [0.717, 1.165) is 31.0 Å². The van der Waals surface area contributed by atoms with Gasteiger partial charge in [0, 0.05) is 25.0 Å². The minimum Gasteiger partial charge on any atom is -0.435 e. The van der Waals surface area contributed by atoms with E-state index < -0.39 is 16.6 Å². The molecule has 0 bridgehead atoms. The Kier molecular flexibility index (Phi) is 7.62. The largest absolute Gasteiger partial charge is 0.435 e. The quantitative estimate of drug-likeness (QED) is 0.610. The fourth-order valence-corrected chi connectivity index (χ4v) is 5.02. The number of hydrogen-bond donors (Lipinski definition) is 1. The topological polar surface area (TPSA) is 88.6 Å². The predicted molar refractivity (Wildman–Crippen MR) is 109 cm³/mol. The van der Waals surface area contributed by atoms with E-state index in [1.165, 1.54) is 40.8 Å². The van der Waals surface area contributed by atoms with Crippen LogP contribution < -0.4 is 10.1 Å². The molecule has 162 valence electrons. The molecule has 2 heterocycles. The number of nitrogens with zero attached hydrogens (tertiary/aromatic N) is 2. The lowest BCUT2D eigenvalue weighted by Crippen LogP contribution is -2.35. The first-order chi connectivity index (χ1) is 14.3. The van der Waals surface area contributed by atoms with Crippen molar-refractivity contribution in [1.29, 1.82) is 0 Å². The Morgan fingerprint density at radius 2 is 1.83 bits per heavy atom. The normalized spacial score (nSPS) is 15.2. The zero-order valence-electron chi connectivity index (χ0n) is 16.0. The van der Waals surface area contributed by atoms with Crippen LogP contribution in [0, 0.1) is 0 Å². The van der Waals surface area contributed by atoms with Crippen LogP contribution >= 0.6 is 11.8 Å². The number of anilines is 1. The molecular weight excluding hydrogens is 436 g/mol. The van der Waals surface area contributed by atoms with Crippen molar-refractivity contribution in [1.82, 2.24) is 9.29 Å². The van der Waals surface area contributed by atoms with E-state index in [1.54, 1.807) is 6.07 Å². The number of pyridine rings is 1. The van der Waals surface area contributed by atoms with Gasteiger partial charge in [0.2, 0.25) is 15.9 Å². The van der Waals surface area contributed by atoms with Gasteiger partial charge in [0.25, 0.3) is 0 Å². The van der Waals surface area contributed by atoms with Gasteiger partial charge in [0.15, 0.2) is 0 Å². The van der Waals surface area contributed by atoms with E-state index in [-0.39, 0.29) is 22.3 Å². The van der Waals surface area contributed by atoms with E-state index in [4.69, 9.17) is 0 Å². The Bertz CT molecular complexity index is 949. The second kappa shape index (κ2) is 10.2. The summed E-state index contributed by atoms with van der Waals surface area (Å²) in [6.07, 6.45) is 4.07. The summed E-state index contributed by atoms with van der Waals surface area (Å²) < 4.78 is 55.2. The summed E-state index contributed by atoms with van der Waals surface area (Å²) in [4.78, 5) is 16.4. The number of nitrogens with one attached hydrogen (secondary N) is 1. The molecule has 11 heteroatoms. The summed E-state index contributed by atoms with van der Waals surface area (Å²) in [5, 5.41) is 3.16. The van der Waals surface area contributed by atoms with Crippen LogP contribution in [0.5, 0.6) is 5.75 Å². The summed E-state index contributed by atoms with van der Waals surface area (Å²) in [6.45, 7) is -1.86. The van der Waals surface area contributed by atoms with Crippen molar-refractivity contribution in [2.75, 3.05) is 24.2 Å². The maximum absolute atomic E-state index is 12.6. The minimum atomic E-state index is -3.54. The number of rotatable bonds is 8. The highest BCUT2D eigenvalue weighted by Gasteiger charge is 2.26. The fraction of sp³-hybridized carbons (Fsp3) is 0.368. The van der Waals surface area contributed by atoms with Gasteiger partial charge in [-0.05, 0) is 49.2 Å². The van der Waals surface area contributed by atoms with Gasteiger partial charge in [0.1, 0.15) is 10.6 Å². The second-order valence-electron chi connectivity index (χ2n) is 6.54. The Morgan fingerprint density at radius 1 is 1.13 bits per heavy atom. The SMILES string of the molecule is O=C(CSc1ccc(S(=O)(=O)N2CCCCC2)cn1)Nc1ccc(OC(F)F)cc1. The average Bonchev–Trinajstić information content (AvgIpc) is 2.74. The monoisotopic (exact) mass is 457 g/mol. The van der Waals surface area contributed by atoms with Crippen molar-refractivity contribution in [2.45, 2.75) is 35.8 Å². The molecule has 1 aromatic heterocycles. The molecule has 7 nitrogen and oxygen atoms in total. The number of benzene rings is 1. The molecule has 0 aliphatic carbocycles. The number of ether oxygens (including phenoxy) is 1. The molecule has 0 unspecified atom stereocenters. The fourth-order valence-electron chi connectivity index (χ4n) is 2.92. The maximum Gasteiger partial charge on any atom is 0.387 e. The highest BCUT2D eigenvalue weighted by atomic mass is 32.2. The number of carbonyl (C=O) groups is 1. The number of alkyl halides is 2. The van der Waals surface area contributed by atoms with E-state index in [9.17, 15) is 22.0 Å². The maximum atomic E-state index is 12.6. The second-order valence-corrected chi connectivity index (χ2v) is 9.47. The summed E-state index contributed by atoms with van der Waals surface area (Å²) in [5.74, 6) is -0.254. The van der Waals surface area contributed by atoms with Crippen LogP contribution in [-0.2, 0) is 14.8 Å². The first-order valence-electron chi connectivity index (χ1n) is 9.28. The molecule has 1 aliphatic rings. The van der Waals surface area contributed by atoms with E-state index in [2.05, 4.69) is 15.0 Å². The summed E-state index contributed by atoms with van der Waals surface area (Å²) in [6, 6.07) is 8.65. The molecule has 1 aromatic carbocycles. The average molecular weight is 458 g/mol. The molecule has 0 radical (unpaired) electrons. The van der Waals surface area contributed by atoms with Crippen molar-refractivity contribution >= 4 is 33.4 Å². The van der Waals surface area contributed by atoms with Crippen molar-refractivity contribution in [2.24, 2.45) is 0 Å². The molecular formula is C19H21F2N3O4S2. The van der Waals surface area contributed by atoms with Crippen molar-refractivity contribution in [3.8, 4) is 5.75 Å². The molecule has 0 saturated carbocycles. The van der Waals surface area contributed by atoms with Crippen LogP contribution in [0.4, 0.5) is 14.5 Å². The highest BCUT2D eigenvalue weighted by Crippen LogP contribution is 2.23. The molecule has 0 spiro atoms. The van der Waals surface area contributed by atoms with E-state index >= 15 is 0 Å². The van der Waals surface area contributed by atoms with Gasteiger partial charge in [-0.1, -0.05) is 18.2 Å². The first kappa shape index (κ1) is 22.4. The van der Waals surface area contributed by atoms with Gasteiger partial charge in [-0.15, -0.1) is 0 Å². The van der Waals surface area contributed by atoms with Gasteiger partial charge < -0.3 is 10.1 Å². The molecule has 3 rings (SSSR count). The summed E-state index contributed by atoms with van der Waals surface area (Å²) in [5.41, 5.74) is 0.443. The third-order valence-electron chi connectivity index (χ3n) is 4.38. The number of sulfonamides is 1. The van der Waals surface area contributed by atoms with Crippen LogP contribution in [-0.4, -0.2) is 49.1 Å². The molecule has 1 fully saturated rings. The van der Waals surface area contributed by atoms with Crippen molar-refractivity contribution in [3.05, 3.63) is 42.6 Å². The third-order valence-corrected chi connectivity index (χ3v) is 7.20. The van der Waals surface area contributed by atoms with Gasteiger partial charge in [-0.2, -0.15) is 13.1 Å². The molecule has 30 heavy (non-hydrogen) atoms. The summed E-state index contributed by atoms with van der Waals surface area (Å²) >= 11 is 1.16. The number of halogens is 2. The number of hydrogen-bond acceptors (Lipinski definition) is 6. The lowest BCUT2D eigenvalue weighted by molar-refractivity contribution is -0.113. The van der Waals surface area contributed by atoms with Gasteiger partial charge in [-0.25, -0.2) is 13.4 Å². The highest BCUT2D eigenvalue weighted by molar-refractivity contribution is 7.99. The van der Waals surface area contributed by atoms with Crippen LogP contribution in [0.25, 0.3) is 0 Å². The van der Waals surface area contributed by atoms with E-state index in [0.29, 0.717) is 23.8 Å². The molecule has 1 N–H and O–H groups in total.